The van der Waals surface area contributed by atoms with Crippen molar-refractivity contribution in [3.8, 4) is 22.7 Å². The first-order valence-corrected chi connectivity index (χ1v) is 12.2. The Hall–Kier alpha value is -3.84. The quantitative estimate of drug-likeness (QED) is 0.384. The van der Waals surface area contributed by atoms with E-state index in [1.165, 1.54) is 16.8 Å². The van der Waals surface area contributed by atoms with Gasteiger partial charge in [-0.15, -0.1) is 11.8 Å². The maximum atomic E-state index is 12.6. The molecule has 2 heterocycles. The molecule has 4 aromatic rings. The van der Waals surface area contributed by atoms with E-state index in [2.05, 4.69) is 29.4 Å². The lowest BCUT2D eigenvalue weighted by Gasteiger charge is -2.20. The van der Waals surface area contributed by atoms with Gasteiger partial charge in [-0.05, 0) is 42.7 Å². The summed E-state index contributed by atoms with van der Waals surface area (Å²) in [6.07, 6.45) is 4.51. The first-order valence-electron chi connectivity index (χ1n) is 11.0. The number of hydrazone groups is 1. The molecular weight excluding hydrogens is 444 g/mol. The molecule has 0 aliphatic carbocycles. The van der Waals surface area contributed by atoms with Crippen LogP contribution in [-0.2, 0) is 4.79 Å². The summed E-state index contributed by atoms with van der Waals surface area (Å²) in [6.45, 7) is 1.51. The largest absolute Gasteiger partial charge is 0.507 e. The lowest BCUT2D eigenvalue weighted by Crippen LogP contribution is -2.24. The van der Waals surface area contributed by atoms with Gasteiger partial charge >= 0.3 is 0 Å². The molecule has 0 fully saturated rings. The molecule has 1 N–H and O–H groups in total. The van der Waals surface area contributed by atoms with E-state index in [0.717, 1.165) is 22.5 Å². The van der Waals surface area contributed by atoms with Crippen LogP contribution in [0.3, 0.4) is 0 Å². The molecule has 0 saturated carbocycles. The molecule has 1 amide bonds. The van der Waals surface area contributed by atoms with Crippen molar-refractivity contribution in [2.45, 2.75) is 24.3 Å². The van der Waals surface area contributed by atoms with Crippen LogP contribution >= 0.6 is 11.8 Å². The lowest BCUT2D eigenvalue weighted by atomic mass is 9.96. The van der Waals surface area contributed by atoms with Crippen molar-refractivity contribution in [1.29, 1.82) is 0 Å². The molecule has 0 saturated heterocycles. The summed E-state index contributed by atoms with van der Waals surface area (Å²) < 4.78 is 1.85. The number of carbonyl (C=O) groups excluding carboxylic acids is 1. The third-order valence-corrected chi connectivity index (χ3v) is 6.68. The van der Waals surface area contributed by atoms with Gasteiger partial charge in [0.05, 0.1) is 23.1 Å². The molecule has 1 aromatic heterocycles. The van der Waals surface area contributed by atoms with E-state index < -0.39 is 0 Å². The number of carbonyl (C=O) groups is 1. The predicted molar refractivity (Wildman–Crippen MR) is 135 cm³/mol. The number of aromatic nitrogens is 2. The Morgan fingerprint density at radius 2 is 1.71 bits per heavy atom. The number of rotatable bonds is 5. The Balaban J connectivity index is 1.62. The molecule has 5 rings (SSSR count). The molecule has 1 aliphatic heterocycles. The second-order valence-electron chi connectivity index (χ2n) is 8.09. The van der Waals surface area contributed by atoms with Crippen molar-refractivity contribution >= 4 is 23.4 Å². The highest BCUT2D eigenvalue weighted by Gasteiger charge is 2.35. The SMILES string of the molecule is CSc1ccc(-c2nn(-c3ccccc3)cc2C2CC(c3ccccc3O)=NN2C(C)=O)cc1. The molecule has 170 valence electrons. The zero-order chi connectivity index (χ0) is 23.7. The summed E-state index contributed by atoms with van der Waals surface area (Å²) in [5, 5.41) is 21.4. The smallest absolute Gasteiger partial charge is 0.240 e. The third kappa shape index (κ3) is 4.10. The molecule has 3 aromatic carbocycles. The van der Waals surface area contributed by atoms with Crippen LogP contribution in [-0.4, -0.2) is 37.8 Å². The third-order valence-electron chi connectivity index (χ3n) is 5.93. The van der Waals surface area contributed by atoms with E-state index in [4.69, 9.17) is 5.10 Å². The molecule has 6 nitrogen and oxygen atoms in total. The standard InChI is InChI=1S/C27H24N4O2S/c1-18(32)31-25(16-24(28-31)22-10-6-7-11-26(22)33)23-17-30(20-8-4-3-5-9-20)29-27(23)19-12-14-21(34-2)15-13-19/h3-15,17,25,33H,16H2,1-2H3. The van der Waals surface area contributed by atoms with E-state index in [1.54, 1.807) is 23.9 Å². The zero-order valence-electron chi connectivity index (χ0n) is 18.9. The van der Waals surface area contributed by atoms with Crippen LogP contribution in [0.2, 0.25) is 0 Å². The molecule has 1 aliphatic rings. The number of phenols is 1. The van der Waals surface area contributed by atoms with Crippen molar-refractivity contribution in [3.05, 3.63) is 96.2 Å². The van der Waals surface area contributed by atoms with Crippen molar-refractivity contribution in [2.24, 2.45) is 5.10 Å². The maximum Gasteiger partial charge on any atom is 0.240 e. The molecule has 34 heavy (non-hydrogen) atoms. The summed E-state index contributed by atoms with van der Waals surface area (Å²) in [5.41, 5.74) is 4.94. The first kappa shape index (κ1) is 22.0. The molecule has 0 bridgehead atoms. The number of hydrogen-bond donors (Lipinski definition) is 1. The number of nitrogens with zero attached hydrogens (tertiary/aromatic N) is 4. The van der Waals surface area contributed by atoms with Gasteiger partial charge in [0.1, 0.15) is 5.75 Å². The number of benzene rings is 3. The van der Waals surface area contributed by atoms with Gasteiger partial charge in [-0.3, -0.25) is 4.79 Å². The van der Waals surface area contributed by atoms with E-state index in [-0.39, 0.29) is 17.7 Å². The Morgan fingerprint density at radius 3 is 2.38 bits per heavy atom. The summed E-state index contributed by atoms with van der Waals surface area (Å²) in [4.78, 5) is 13.8. The fourth-order valence-corrected chi connectivity index (χ4v) is 4.65. The average molecular weight is 469 g/mol. The Morgan fingerprint density at radius 1 is 1.00 bits per heavy atom. The minimum Gasteiger partial charge on any atom is -0.507 e. The molecule has 0 radical (unpaired) electrons. The highest BCUT2D eigenvalue weighted by atomic mass is 32.2. The van der Waals surface area contributed by atoms with Crippen LogP contribution in [0.1, 0.15) is 30.5 Å². The topological polar surface area (TPSA) is 70.7 Å². The van der Waals surface area contributed by atoms with Gasteiger partial charge in [0, 0.05) is 41.1 Å². The minimum atomic E-state index is -0.334. The number of thioether (sulfide) groups is 1. The number of phenolic OH excluding ortho intramolecular Hbond substituents is 1. The lowest BCUT2D eigenvalue weighted by molar-refractivity contribution is -0.130. The number of hydrogen-bond acceptors (Lipinski definition) is 5. The molecular formula is C27H24N4O2S. The van der Waals surface area contributed by atoms with E-state index in [9.17, 15) is 9.90 Å². The second-order valence-corrected chi connectivity index (χ2v) is 8.97. The zero-order valence-corrected chi connectivity index (χ0v) is 19.7. The van der Waals surface area contributed by atoms with Gasteiger partial charge in [-0.2, -0.15) is 10.2 Å². The Labute approximate surface area is 202 Å². The van der Waals surface area contributed by atoms with Crippen molar-refractivity contribution in [2.75, 3.05) is 6.26 Å². The number of amides is 1. The van der Waals surface area contributed by atoms with Gasteiger partial charge in [0.15, 0.2) is 0 Å². The first-order chi connectivity index (χ1) is 16.5. The highest BCUT2D eigenvalue weighted by molar-refractivity contribution is 7.98. The van der Waals surface area contributed by atoms with Crippen LogP contribution in [0.4, 0.5) is 0 Å². The normalized spacial score (nSPS) is 15.4. The fourth-order valence-electron chi connectivity index (χ4n) is 4.24. The molecule has 7 heteroatoms. The van der Waals surface area contributed by atoms with Crippen LogP contribution < -0.4 is 0 Å². The van der Waals surface area contributed by atoms with Gasteiger partial charge in [-0.25, -0.2) is 9.69 Å². The van der Waals surface area contributed by atoms with Gasteiger partial charge in [0.2, 0.25) is 5.91 Å². The van der Waals surface area contributed by atoms with Crippen molar-refractivity contribution in [3.63, 3.8) is 0 Å². The minimum absolute atomic E-state index is 0.151. The second kappa shape index (κ2) is 9.19. The summed E-state index contributed by atoms with van der Waals surface area (Å²) >= 11 is 1.69. The Bertz CT molecular complexity index is 1360. The predicted octanol–water partition coefficient (Wildman–Crippen LogP) is 5.66. The van der Waals surface area contributed by atoms with Crippen LogP contribution in [0, 0.1) is 0 Å². The fraction of sp³-hybridized carbons (Fsp3) is 0.148. The maximum absolute atomic E-state index is 12.6. The Kier molecular flexibility index (Phi) is 5.94. The summed E-state index contributed by atoms with van der Waals surface area (Å²) in [6, 6.07) is 24.9. The van der Waals surface area contributed by atoms with E-state index >= 15 is 0 Å². The van der Waals surface area contributed by atoms with Gasteiger partial charge in [-0.1, -0.05) is 42.5 Å². The number of para-hydroxylation sites is 2. The van der Waals surface area contributed by atoms with Crippen molar-refractivity contribution in [1.82, 2.24) is 14.8 Å². The van der Waals surface area contributed by atoms with Crippen LogP contribution in [0.5, 0.6) is 5.75 Å². The molecule has 1 atom stereocenters. The summed E-state index contributed by atoms with van der Waals surface area (Å²) in [5.74, 6) is -0.00942. The highest BCUT2D eigenvalue weighted by Crippen LogP contribution is 2.39. The molecule has 1 unspecified atom stereocenters. The van der Waals surface area contributed by atoms with Crippen LogP contribution in [0.25, 0.3) is 16.9 Å². The summed E-state index contributed by atoms with van der Waals surface area (Å²) in [7, 11) is 0. The van der Waals surface area contributed by atoms with Crippen molar-refractivity contribution < 1.29 is 9.90 Å². The van der Waals surface area contributed by atoms with E-state index in [1.807, 2.05) is 59.6 Å². The van der Waals surface area contributed by atoms with E-state index in [0.29, 0.717) is 17.7 Å². The monoisotopic (exact) mass is 468 g/mol. The average Bonchev–Trinajstić information content (AvgIpc) is 3.50. The van der Waals surface area contributed by atoms with Gasteiger partial charge < -0.3 is 5.11 Å². The molecule has 0 spiro atoms. The van der Waals surface area contributed by atoms with Gasteiger partial charge in [0.25, 0.3) is 0 Å². The van der Waals surface area contributed by atoms with Crippen LogP contribution in [0.15, 0.2) is 95.1 Å². The number of aromatic hydroxyl groups is 1.